The fourth-order valence-electron chi connectivity index (χ4n) is 1.94. The van der Waals surface area contributed by atoms with Gasteiger partial charge in [0.15, 0.2) is 0 Å². The summed E-state index contributed by atoms with van der Waals surface area (Å²) >= 11 is 0. The van der Waals surface area contributed by atoms with Crippen LogP contribution in [0.3, 0.4) is 0 Å². The molecule has 2 aromatic heterocycles. The molecular weight excluding hydrogens is 276 g/mol. The van der Waals surface area contributed by atoms with Crippen LogP contribution in [-0.4, -0.2) is 30.6 Å². The number of hydrogen-bond donors (Lipinski definition) is 2. The molecule has 1 unspecified atom stereocenters. The highest BCUT2D eigenvalue weighted by atomic mass is 16.6. The Morgan fingerprint density at radius 1 is 1.48 bits per heavy atom. The molecule has 2 N–H and O–H groups in total. The van der Waals surface area contributed by atoms with Gasteiger partial charge < -0.3 is 9.88 Å². The lowest BCUT2D eigenvalue weighted by atomic mass is 10.3. The highest BCUT2D eigenvalue weighted by molar-refractivity contribution is 5.93. The molecule has 0 aliphatic rings. The maximum absolute atomic E-state index is 12.3. The summed E-state index contributed by atoms with van der Waals surface area (Å²) in [4.78, 5) is 26.6. The molecule has 0 aromatic carbocycles. The zero-order valence-corrected chi connectivity index (χ0v) is 11.9. The van der Waals surface area contributed by atoms with Crippen molar-refractivity contribution in [2.24, 2.45) is 0 Å². The standard InChI is InChI=1S/C12H16N6O3/c1-7(2)17-5-9(18(20)21)4-10(17)12(19)15-8(3)11-13-6-14-16-11/h4-8H,1-3H3,(H,15,19)(H,13,14,16). The summed E-state index contributed by atoms with van der Waals surface area (Å²) in [6.07, 6.45) is 2.71. The van der Waals surface area contributed by atoms with Gasteiger partial charge in [-0.1, -0.05) is 0 Å². The molecule has 0 saturated heterocycles. The van der Waals surface area contributed by atoms with Gasteiger partial charge in [-0.3, -0.25) is 20.0 Å². The number of hydrogen-bond acceptors (Lipinski definition) is 5. The summed E-state index contributed by atoms with van der Waals surface area (Å²) in [5, 5.41) is 20.0. The summed E-state index contributed by atoms with van der Waals surface area (Å²) in [7, 11) is 0. The number of nitrogens with zero attached hydrogens (tertiary/aromatic N) is 4. The van der Waals surface area contributed by atoms with Crippen LogP contribution in [0.25, 0.3) is 0 Å². The van der Waals surface area contributed by atoms with Crippen molar-refractivity contribution in [3.8, 4) is 0 Å². The van der Waals surface area contributed by atoms with E-state index in [2.05, 4.69) is 20.5 Å². The summed E-state index contributed by atoms with van der Waals surface area (Å²) in [5.74, 6) is 0.112. The van der Waals surface area contributed by atoms with Gasteiger partial charge in [-0.25, -0.2) is 4.98 Å². The van der Waals surface area contributed by atoms with Gasteiger partial charge in [-0.15, -0.1) is 0 Å². The number of nitrogens with one attached hydrogen (secondary N) is 2. The minimum atomic E-state index is -0.518. The molecule has 0 spiro atoms. The molecule has 9 heteroatoms. The minimum absolute atomic E-state index is 0.0694. The molecule has 0 aliphatic heterocycles. The molecule has 2 rings (SSSR count). The van der Waals surface area contributed by atoms with E-state index in [-0.39, 0.29) is 23.5 Å². The van der Waals surface area contributed by atoms with E-state index in [1.165, 1.54) is 18.6 Å². The van der Waals surface area contributed by atoms with Crippen LogP contribution < -0.4 is 5.32 Å². The van der Waals surface area contributed by atoms with Crippen molar-refractivity contribution < 1.29 is 9.72 Å². The Balaban J connectivity index is 2.24. The van der Waals surface area contributed by atoms with Crippen molar-refractivity contribution in [3.63, 3.8) is 0 Å². The fraction of sp³-hybridized carbons (Fsp3) is 0.417. The third-order valence-electron chi connectivity index (χ3n) is 3.03. The Morgan fingerprint density at radius 3 is 2.71 bits per heavy atom. The molecule has 0 bridgehead atoms. The van der Waals surface area contributed by atoms with E-state index < -0.39 is 10.8 Å². The van der Waals surface area contributed by atoms with Gasteiger partial charge in [-0.05, 0) is 20.8 Å². The van der Waals surface area contributed by atoms with Gasteiger partial charge in [0.25, 0.3) is 11.6 Å². The lowest BCUT2D eigenvalue weighted by Crippen LogP contribution is -2.29. The van der Waals surface area contributed by atoms with E-state index in [1.54, 1.807) is 11.5 Å². The maximum Gasteiger partial charge on any atom is 0.287 e. The van der Waals surface area contributed by atoms with E-state index in [1.807, 2.05) is 13.8 Å². The van der Waals surface area contributed by atoms with E-state index in [0.717, 1.165) is 0 Å². The number of H-pyrrole nitrogens is 1. The highest BCUT2D eigenvalue weighted by Crippen LogP contribution is 2.21. The number of aromatic amines is 1. The first-order valence-electron chi connectivity index (χ1n) is 6.42. The summed E-state index contributed by atoms with van der Waals surface area (Å²) in [6.45, 7) is 5.44. The van der Waals surface area contributed by atoms with Gasteiger partial charge in [-0.2, -0.15) is 5.10 Å². The van der Waals surface area contributed by atoms with Crippen LogP contribution >= 0.6 is 0 Å². The minimum Gasteiger partial charge on any atom is -0.341 e. The zero-order valence-electron chi connectivity index (χ0n) is 11.9. The van der Waals surface area contributed by atoms with Crippen molar-refractivity contribution >= 4 is 11.6 Å². The molecule has 0 radical (unpaired) electrons. The maximum atomic E-state index is 12.3. The topological polar surface area (TPSA) is 119 Å². The second kappa shape index (κ2) is 5.73. The van der Waals surface area contributed by atoms with Crippen LogP contribution in [0.5, 0.6) is 0 Å². The first kappa shape index (κ1) is 14.7. The molecular formula is C12H16N6O3. The Bertz CT molecular complexity index is 646. The average molecular weight is 292 g/mol. The second-order valence-corrected chi connectivity index (χ2v) is 4.91. The fourth-order valence-corrected chi connectivity index (χ4v) is 1.94. The van der Waals surface area contributed by atoms with Gasteiger partial charge in [0.1, 0.15) is 17.8 Å². The van der Waals surface area contributed by atoms with Crippen molar-refractivity contribution in [3.05, 3.63) is 40.2 Å². The summed E-state index contributed by atoms with van der Waals surface area (Å²) in [5.41, 5.74) is 0.129. The zero-order chi connectivity index (χ0) is 15.6. The first-order chi connectivity index (χ1) is 9.90. The number of carbonyl (C=O) groups is 1. The number of aromatic nitrogens is 4. The quantitative estimate of drug-likeness (QED) is 0.640. The molecule has 2 heterocycles. The molecule has 0 saturated carbocycles. The Morgan fingerprint density at radius 2 is 2.19 bits per heavy atom. The number of rotatable bonds is 5. The van der Waals surface area contributed by atoms with Crippen LogP contribution in [0.4, 0.5) is 5.69 Å². The predicted molar refractivity (Wildman–Crippen MR) is 73.7 cm³/mol. The first-order valence-corrected chi connectivity index (χ1v) is 6.42. The largest absolute Gasteiger partial charge is 0.341 e. The second-order valence-electron chi connectivity index (χ2n) is 4.91. The Labute approximate surface area is 120 Å². The summed E-state index contributed by atoms with van der Waals surface area (Å²) in [6, 6.07) is 0.817. The third-order valence-corrected chi connectivity index (χ3v) is 3.03. The van der Waals surface area contributed by atoms with Crippen molar-refractivity contribution in [2.75, 3.05) is 0 Å². The van der Waals surface area contributed by atoms with Crippen molar-refractivity contribution in [2.45, 2.75) is 32.9 Å². The van der Waals surface area contributed by atoms with Gasteiger partial charge in [0.05, 0.1) is 17.2 Å². The Kier molecular flexibility index (Phi) is 4.01. The lowest BCUT2D eigenvalue weighted by molar-refractivity contribution is -0.384. The van der Waals surface area contributed by atoms with Gasteiger partial charge in [0, 0.05) is 12.1 Å². The molecule has 1 amide bonds. The van der Waals surface area contributed by atoms with Crippen LogP contribution in [0.15, 0.2) is 18.6 Å². The SMILES string of the molecule is CC(NC(=O)c1cc([N+](=O)[O-])cn1C(C)C)c1ncn[nH]1. The monoisotopic (exact) mass is 292 g/mol. The van der Waals surface area contributed by atoms with Crippen molar-refractivity contribution in [1.82, 2.24) is 25.1 Å². The van der Waals surface area contributed by atoms with Crippen LogP contribution in [0.2, 0.25) is 0 Å². The van der Waals surface area contributed by atoms with E-state index in [4.69, 9.17) is 0 Å². The van der Waals surface area contributed by atoms with Gasteiger partial charge >= 0.3 is 0 Å². The lowest BCUT2D eigenvalue weighted by Gasteiger charge is -2.14. The molecule has 0 aliphatic carbocycles. The van der Waals surface area contributed by atoms with Crippen LogP contribution in [0, 0.1) is 10.1 Å². The number of amides is 1. The smallest absolute Gasteiger partial charge is 0.287 e. The van der Waals surface area contributed by atoms with E-state index in [0.29, 0.717) is 5.82 Å². The van der Waals surface area contributed by atoms with E-state index in [9.17, 15) is 14.9 Å². The third kappa shape index (κ3) is 3.07. The molecule has 0 fully saturated rings. The molecule has 2 aromatic rings. The molecule has 1 atom stereocenters. The normalized spacial score (nSPS) is 12.4. The van der Waals surface area contributed by atoms with E-state index >= 15 is 0 Å². The molecule has 21 heavy (non-hydrogen) atoms. The van der Waals surface area contributed by atoms with Gasteiger partial charge in [0.2, 0.25) is 0 Å². The summed E-state index contributed by atoms with van der Waals surface area (Å²) < 4.78 is 1.57. The molecule has 9 nitrogen and oxygen atoms in total. The van der Waals surface area contributed by atoms with Crippen molar-refractivity contribution in [1.29, 1.82) is 0 Å². The average Bonchev–Trinajstić information content (AvgIpc) is 3.08. The Hall–Kier alpha value is -2.71. The van der Waals surface area contributed by atoms with Crippen LogP contribution in [0.1, 0.15) is 49.2 Å². The molecule has 112 valence electrons. The number of carbonyl (C=O) groups excluding carboxylic acids is 1. The highest BCUT2D eigenvalue weighted by Gasteiger charge is 2.22. The van der Waals surface area contributed by atoms with Crippen LogP contribution in [-0.2, 0) is 0 Å². The predicted octanol–water partition coefficient (Wildman–Crippen LogP) is 1.59. The number of nitro groups is 1.